The number of likely N-dealkylation sites (tertiary alicyclic amines) is 2. The monoisotopic (exact) mass is 373 g/mol. The molecule has 3 saturated heterocycles. The van der Waals surface area contributed by atoms with Crippen LogP contribution in [-0.4, -0.2) is 71.3 Å². The minimum Gasteiger partial charge on any atom is -0.341 e. The summed E-state index contributed by atoms with van der Waals surface area (Å²) in [5, 5.41) is 7.91. The van der Waals surface area contributed by atoms with Crippen LogP contribution in [0.1, 0.15) is 56.6 Å². The molecule has 0 aliphatic carbocycles. The third-order valence-electron chi connectivity index (χ3n) is 6.77. The first-order chi connectivity index (χ1) is 13.3. The number of rotatable bonds is 6. The molecule has 1 aromatic rings. The Hall–Kier alpha value is -1.40. The van der Waals surface area contributed by atoms with Crippen molar-refractivity contribution in [2.45, 2.75) is 57.4 Å². The van der Waals surface area contributed by atoms with Crippen molar-refractivity contribution in [3.05, 3.63) is 18.0 Å². The number of hydrogen-bond donors (Lipinski definition) is 1. The largest absolute Gasteiger partial charge is 0.341 e. The highest BCUT2D eigenvalue weighted by atomic mass is 16.2. The first kappa shape index (κ1) is 18.9. The number of hydrogen-bond acceptors (Lipinski definition) is 4. The van der Waals surface area contributed by atoms with Crippen molar-refractivity contribution in [1.82, 2.24) is 24.9 Å². The van der Waals surface area contributed by atoms with E-state index < -0.39 is 0 Å². The Morgan fingerprint density at radius 1 is 1.11 bits per heavy atom. The Labute approximate surface area is 163 Å². The number of piperidine rings is 2. The van der Waals surface area contributed by atoms with Gasteiger partial charge in [0.25, 0.3) is 0 Å². The van der Waals surface area contributed by atoms with Crippen LogP contribution in [0.5, 0.6) is 0 Å². The lowest BCUT2D eigenvalue weighted by Gasteiger charge is -2.33. The number of nitrogens with one attached hydrogen (secondary N) is 1. The second-order valence-electron chi connectivity index (χ2n) is 8.62. The third-order valence-corrected chi connectivity index (χ3v) is 6.77. The first-order valence-corrected chi connectivity index (χ1v) is 11.0. The quantitative estimate of drug-likeness (QED) is 0.829. The zero-order chi connectivity index (χ0) is 18.5. The lowest BCUT2D eigenvalue weighted by atomic mass is 9.93. The molecule has 0 aromatic carbocycles. The smallest absolute Gasteiger partial charge is 0.244 e. The summed E-state index contributed by atoms with van der Waals surface area (Å²) in [6.45, 7) is 8.19. The Balaban J connectivity index is 1.23. The summed E-state index contributed by atoms with van der Waals surface area (Å²) < 4.78 is 1.94. The van der Waals surface area contributed by atoms with E-state index in [-0.39, 0.29) is 5.91 Å². The van der Waals surface area contributed by atoms with Crippen LogP contribution in [0.2, 0.25) is 0 Å². The van der Waals surface area contributed by atoms with Crippen LogP contribution in [0.4, 0.5) is 0 Å². The van der Waals surface area contributed by atoms with E-state index in [4.69, 9.17) is 0 Å². The normalized spacial score (nSPS) is 25.2. The van der Waals surface area contributed by atoms with Gasteiger partial charge in [-0.05, 0) is 83.1 Å². The number of carbonyl (C=O) groups is 1. The molecule has 150 valence electrons. The van der Waals surface area contributed by atoms with Crippen molar-refractivity contribution in [2.75, 3.05) is 45.8 Å². The van der Waals surface area contributed by atoms with E-state index in [9.17, 15) is 4.79 Å². The maximum atomic E-state index is 12.8. The summed E-state index contributed by atoms with van der Waals surface area (Å²) in [6, 6.07) is 2.09. The van der Waals surface area contributed by atoms with Crippen LogP contribution < -0.4 is 5.32 Å². The van der Waals surface area contributed by atoms with E-state index >= 15 is 0 Å². The van der Waals surface area contributed by atoms with E-state index in [1.165, 1.54) is 57.4 Å². The van der Waals surface area contributed by atoms with Crippen LogP contribution in [0.3, 0.4) is 0 Å². The maximum absolute atomic E-state index is 12.8. The van der Waals surface area contributed by atoms with Crippen LogP contribution >= 0.6 is 0 Å². The first-order valence-electron chi connectivity index (χ1n) is 11.0. The molecule has 0 bridgehead atoms. The van der Waals surface area contributed by atoms with Gasteiger partial charge in [-0.25, -0.2) is 0 Å². The van der Waals surface area contributed by atoms with Gasteiger partial charge in [0.15, 0.2) is 0 Å². The molecule has 0 spiro atoms. The molecule has 3 aliphatic rings. The maximum Gasteiger partial charge on any atom is 0.244 e. The van der Waals surface area contributed by atoms with Crippen LogP contribution in [0, 0.1) is 5.92 Å². The molecule has 1 amide bonds. The van der Waals surface area contributed by atoms with Crippen molar-refractivity contribution < 1.29 is 4.79 Å². The van der Waals surface area contributed by atoms with Crippen molar-refractivity contribution in [2.24, 2.45) is 5.92 Å². The molecule has 0 unspecified atom stereocenters. The van der Waals surface area contributed by atoms with Gasteiger partial charge in [-0.2, -0.15) is 5.10 Å². The van der Waals surface area contributed by atoms with Crippen LogP contribution in [0.25, 0.3) is 0 Å². The average molecular weight is 374 g/mol. The Morgan fingerprint density at radius 2 is 1.93 bits per heavy atom. The van der Waals surface area contributed by atoms with E-state index in [1.807, 2.05) is 10.9 Å². The highest BCUT2D eigenvalue weighted by Crippen LogP contribution is 2.24. The number of nitrogens with zero attached hydrogens (tertiary/aromatic N) is 4. The lowest BCUT2D eigenvalue weighted by Crippen LogP contribution is -2.41. The summed E-state index contributed by atoms with van der Waals surface area (Å²) in [4.78, 5) is 17.5. The zero-order valence-electron chi connectivity index (χ0n) is 16.6. The summed E-state index contributed by atoms with van der Waals surface area (Å²) in [6.07, 6.45) is 10.6. The highest BCUT2D eigenvalue weighted by molar-refractivity contribution is 5.76. The second-order valence-corrected chi connectivity index (χ2v) is 8.62. The molecule has 3 fully saturated rings. The van der Waals surface area contributed by atoms with Gasteiger partial charge >= 0.3 is 0 Å². The fraction of sp³-hybridized carbons (Fsp3) is 0.810. The molecule has 0 radical (unpaired) electrons. The number of carbonyl (C=O) groups excluding carboxylic acids is 1. The summed E-state index contributed by atoms with van der Waals surface area (Å²) in [5.74, 6) is 1.52. The van der Waals surface area contributed by atoms with Gasteiger partial charge in [-0.1, -0.05) is 0 Å². The minimum atomic E-state index is 0.238. The molecule has 6 nitrogen and oxygen atoms in total. The van der Waals surface area contributed by atoms with Crippen molar-refractivity contribution in [1.29, 1.82) is 0 Å². The minimum absolute atomic E-state index is 0.238. The molecular weight excluding hydrogens is 338 g/mol. The molecule has 1 atom stereocenters. The Kier molecular flexibility index (Phi) is 6.45. The lowest BCUT2D eigenvalue weighted by molar-refractivity contribution is -0.133. The molecule has 27 heavy (non-hydrogen) atoms. The molecule has 4 rings (SSSR count). The van der Waals surface area contributed by atoms with Gasteiger partial charge in [0.2, 0.25) is 5.91 Å². The van der Waals surface area contributed by atoms with Gasteiger partial charge in [0.1, 0.15) is 6.54 Å². The van der Waals surface area contributed by atoms with E-state index in [0.717, 1.165) is 44.9 Å². The van der Waals surface area contributed by atoms with Crippen molar-refractivity contribution >= 4 is 5.91 Å². The SMILES string of the molecule is O=C(Cn1nccc1[C@@H]1CCCNC1)N1CCC(CCN2CCCC2)CC1. The second kappa shape index (κ2) is 9.20. The predicted molar refractivity (Wildman–Crippen MR) is 107 cm³/mol. The molecular formula is C21H35N5O. The Morgan fingerprint density at radius 3 is 2.67 bits per heavy atom. The number of amides is 1. The van der Waals surface area contributed by atoms with E-state index in [1.54, 1.807) is 0 Å². The standard InChI is InChI=1S/C21H35N5O/c27-21(17-26-20(5-10-23-26)19-4-3-9-22-16-19)25-14-7-18(8-15-25)6-13-24-11-1-2-12-24/h5,10,18-19,22H,1-4,6-9,11-17H2/t19-/m1/s1. The van der Waals surface area contributed by atoms with Crippen LogP contribution in [-0.2, 0) is 11.3 Å². The molecule has 4 heterocycles. The van der Waals surface area contributed by atoms with Crippen molar-refractivity contribution in [3.8, 4) is 0 Å². The highest BCUT2D eigenvalue weighted by Gasteiger charge is 2.25. The fourth-order valence-electron chi connectivity index (χ4n) is 5.00. The number of aromatic nitrogens is 2. The third kappa shape index (κ3) is 4.91. The molecule has 1 N–H and O–H groups in total. The average Bonchev–Trinajstić information content (AvgIpc) is 3.39. The summed E-state index contributed by atoms with van der Waals surface area (Å²) >= 11 is 0. The molecule has 1 aromatic heterocycles. The van der Waals surface area contributed by atoms with Gasteiger partial charge in [0, 0.05) is 37.4 Å². The van der Waals surface area contributed by atoms with E-state index in [2.05, 4.69) is 26.3 Å². The van der Waals surface area contributed by atoms with Gasteiger partial charge in [0.05, 0.1) is 0 Å². The Bertz CT molecular complexity index is 595. The van der Waals surface area contributed by atoms with Gasteiger partial charge < -0.3 is 15.1 Å². The topological polar surface area (TPSA) is 53.4 Å². The summed E-state index contributed by atoms with van der Waals surface area (Å²) in [5.41, 5.74) is 1.22. The molecule has 6 heteroatoms. The van der Waals surface area contributed by atoms with Gasteiger partial charge in [-0.3, -0.25) is 9.48 Å². The van der Waals surface area contributed by atoms with E-state index in [0.29, 0.717) is 12.5 Å². The predicted octanol–water partition coefficient (Wildman–Crippen LogP) is 2.07. The summed E-state index contributed by atoms with van der Waals surface area (Å²) in [7, 11) is 0. The zero-order valence-corrected chi connectivity index (χ0v) is 16.6. The van der Waals surface area contributed by atoms with Crippen LogP contribution in [0.15, 0.2) is 12.3 Å². The molecule has 0 saturated carbocycles. The fourth-order valence-corrected chi connectivity index (χ4v) is 5.00. The van der Waals surface area contributed by atoms with Crippen molar-refractivity contribution in [3.63, 3.8) is 0 Å². The van der Waals surface area contributed by atoms with Gasteiger partial charge in [-0.15, -0.1) is 0 Å². The molecule has 3 aliphatic heterocycles.